The molecular formula is C17H34N2O. The maximum absolute atomic E-state index is 6.01. The van der Waals surface area contributed by atoms with Crippen molar-refractivity contribution in [3.63, 3.8) is 0 Å². The van der Waals surface area contributed by atoms with Gasteiger partial charge in [-0.25, -0.2) is 0 Å². The molecule has 118 valence electrons. The minimum atomic E-state index is 0.572. The second-order valence-corrected chi connectivity index (χ2v) is 7.10. The molecule has 0 N–H and O–H groups in total. The average molecular weight is 282 g/mol. The van der Waals surface area contributed by atoms with E-state index in [-0.39, 0.29) is 0 Å². The fourth-order valence-corrected chi connectivity index (χ4v) is 4.02. The molecule has 3 nitrogen and oxygen atoms in total. The summed E-state index contributed by atoms with van der Waals surface area (Å²) in [6, 6.07) is 0. The van der Waals surface area contributed by atoms with Crippen molar-refractivity contribution >= 4 is 0 Å². The van der Waals surface area contributed by atoms with Crippen LogP contribution in [0.1, 0.15) is 46.5 Å². The maximum atomic E-state index is 6.01. The van der Waals surface area contributed by atoms with E-state index in [4.69, 9.17) is 4.74 Å². The first kappa shape index (κ1) is 16.3. The van der Waals surface area contributed by atoms with E-state index in [0.29, 0.717) is 11.5 Å². The zero-order chi connectivity index (χ0) is 14.6. The van der Waals surface area contributed by atoms with Gasteiger partial charge in [0.25, 0.3) is 0 Å². The summed E-state index contributed by atoms with van der Waals surface area (Å²) in [7, 11) is 2.22. The Hall–Kier alpha value is -0.120. The van der Waals surface area contributed by atoms with Crippen molar-refractivity contribution in [2.24, 2.45) is 11.3 Å². The van der Waals surface area contributed by atoms with Crippen molar-refractivity contribution in [1.29, 1.82) is 0 Å². The molecule has 0 bridgehead atoms. The number of hydrogen-bond donors (Lipinski definition) is 0. The SMILES string of the molecule is CC.CC1CCN(CCOC2CC3(C2)CN(C)C3)CC1. The predicted molar refractivity (Wildman–Crippen MR) is 85.1 cm³/mol. The molecule has 0 aromatic rings. The topological polar surface area (TPSA) is 15.7 Å². The lowest BCUT2D eigenvalue weighted by molar-refractivity contribution is -0.145. The third-order valence-corrected chi connectivity index (χ3v) is 5.17. The van der Waals surface area contributed by atoms with Crippen LogP contribution in [0.2, 0.25) is 0 Å². The number of likely N-dealkylation sites (tertiary alicyclic amines) is 2. The van der Waals surface area contributed by atoms with Crippen LogP contribution in [-0.2, 0) is 4.74 Å². The summed E-state index contributed by atoms with van der Waals surface area (Å²) in [4.78, 5) is 5.00. The van der Waals surface area contributed by atoms with Gasteiger partial charge < -0.3 is 14.5 Å². The Morgan fingerprint density at radius 1 is 1.10 bits per heavy atom. The zero-order valence-electron chi connectivity index (χ0n) is 14.0. The maximum Gasteiger partial charge on any atom is 0.0597 e. The van der Waals surface area contributed by atoms with Gasteiger partial charge in [0, 0.05) is 25.0 Å². The number of piperidine rings is 1. The summed E-state index contributed by atoms with van der Waals surface area (Å²) >= 11 is 0. The largest absolute Gasteiger partial charge is 0.377 e. The number of nitrogens with zero attached hydrogens (tertiary/aromatic N) is 2. The molecular weight excluding hydrogens is 248 g/mol. The van der Waals surface area contributed by atoms with E-state index in [1.165, 1.54) is 51.9 Å². The highest BCUT2D eigenvalue weighted by atomic mass is 16.5. The molecule has 3 fully saturated rings. The van der Waals surface area contributed by atoms with Crippen LogP contribution in [0.4, 0.5) is 0 Å². The highest BCUT2D eigenvalue weighted by Gasteiger charge is 2.51. The molecule has 2 saturated heterocycles. The highest BCUT2D eigenvalue weighted by molar-refractivity contribution is 5.04. The second-order valence-electron chi connectivity index (χ2n) is 7.10. The van der Waals surface area contributed by atoms with E-state index in [0.717, 1.165) is 19.1 Å². The first-order chi connectivity index (χ1) is 9.65. The lowest BCUT2D eigenvalue weighted by atomic mass is 9.62. The quantitative estimate of drug-likeness (QED) is 0.788. The van der Waals surface area contributed by atoms with Gasteiger partial charge in [-0.15, -0.1) is 0 Å². The minimum absolute atomic E-state index is 0.572. The molecule has 0 radical (unpaired) electrons. The molecule has 3 heteroatoms. The normalized spacial score (nSPS) is 27.6. The van der Waals surface area contributed by atoms with E-state index in [2.05, 4.69) is 23.8 Å². The van der Waals surface area contributed by atoms with Gasteiger partial charge in [0.1, 0.15) is 0 Å². The van der Waals surface area contributed by atoms with Crippen molar-refractivity contribution in [3.05, 3.63) is 0 Å². The van der Waals surface area contributed by atoms with Crippen LogP contribution in [0.25, 0.3) is 0 Å². The van der Waals surface area contributed by atoms with Gasteiger partial charge in [0.15, 0.2) is 0 Å². The van der Waals surface area contributed by atoms with Gasteiger partial charge in [-0.2, -0.15) is 0 Å². The van der Waals surface area contributed by atoms with Crippen molar-refractivity contribution in [2.75, 3.05) is 46.4 Å². The summed E-state index contributed by atoms with van der Waals surface area (Å²) in [5.74, 6) is 0.935. The van der Waals surface area contributed by atoms with Crippen LogP contribution in [0, 0.1) is 11.3 Å². The van der Waals surface area contributed by atoms with Gasteiger partial charge in [0.05, 0.1) is 12.7 Å². The Bertz CT molecular complexity index is 273. The number of rotatable bonds is 4. The van der Waals surface area contributed by atoms with Gasteiger partial charge in [-0.05, 0) is 51.7 Å². The first-order valence-corrected chi connectivity index (χ1v) is 8.68. The number of ether oxygens (including phenoxy) is 1. The molecule has 3 rings (SSSR count). The van der Waals surface area contributed by atoms with Crippen LogP contribution in [0.3, 0.4) is 0 Å². The Kier molecular flexibility index (Phi) is 5.88. The Morgan fingerprint density at radius 3 is 2.25 bits per heavy atom. The number of hydrogen-bond acceptors (Lipinski definition) is 3. The molecule has 1 aliphatic carbocycles. The third kappa shape index (κ3) is 3.96. The van der Waals surface area contributed by atoms with Crippen molar-refractivity contribution in [3.8, 4) is 0 Å². The van der Waals surface area contributed by atoms with Gasteiger partial charge in [-0.1, -0.05) is 20.8 Å². The fraction of sp³-hybridized carbons (Fsp3) is 1.00. The van der Waals surface area contributed by atoms with Crippen LogP contribution >= 0.6 is 0 Å². The van der Waals surface area contributed by atoms with Crippen LogP contribution in [0.15, 0.2) is 0 Å². The zero-order valence-corrected chi connectivity index (χ0v) is 14.0. The van der Waals surface area contributed by atoms with Crippen LogP contribution < -0.4 is 0 Å². The summed E-state index contributed by atoms with van der Waals surface area (Å²) < 4.78 is 6.01. The molecule has 1 spiro atoms. The van der Waals surface area contributed by atoms with Crippen molar-refractivity contribution in [2.45, 2.75) is 52.6 Å². The molecule has 1 saturated carbocycles. The molecule has 0 unspecified atom stereocenters. The Balaban J connectivity index is 0.000000704. The molecule has 0 atom stereocenters. The van der Waals surface area contributed by atoms with Crippen LogP contribution in [0.5, 0.6) is 0 Å². The second kappa shape index (κ2) is 7.24. The van der Waals surface area contributed by atoms with Crippen molar-refractivity contribution in [1.82, 2.24) is 9.80 Å². The van der Waals surface area contributed by atoms with E-state index in [1.54, 1.807) is 0 Å². The molecule has 0 amide bonds. The lowest BCUT2D eigenvalue weighted by Gasteiger charge is -2.58. The van der Waals surface area contributed by atoms with Gasteiger partial charge in [0.2, 0.25) is 0 Å². The molecule has 0 aromatic heterocycles. The summed E-state index contributed by atoms with van der Waals surface area (Å²) in [6.45, 7) is 13.6. The summed E-state index contributed by atoms with van der Waals surface area (Å²) in [5.41, 5.74) is 0.667. The molecule has 20 heavy (non-hydrogen) atoms. The fourth-order valence-electron chi connectivity index (χ4n) is 4.02. The summed E-state index contributed by atoms with van der Waals surface area (Å²) in [5, 5.41) is 0. The highest BCUT2D eigenvalue weighted by Crippen LogP contribution is 2.48. The average Bonchev–Trinajstić information content (AvgIpc) is 2.39. The Labute approximate surface area is 125 Å². The van der Waals surface area contributed by atoms with E-state index >= 15 is 0 Å². The third-order valence-electron chi connectivity index (χ3n) is 5.17. The van der Waals surface area contributed by atoms with E-state index in [1.807, 2.05) is 13.8 Å². The molecule has 0 aromatic carbocycles. The van der Waals surface area contributed by atoms with Gasteiger partial charge in [-0.3, -0.25) is 0 Å². The first-order valence-electron chi connectivity index (χ1n) is 8.68. The van der Waals surface area contributed by atoms with Crippen molar-refractivity contribution < 1.29 is 4.74 Å². The monoisotopic (exact) mass is 282 g/mol. The van der Waals surface area contributed by atoms with E-state index < -0.39 is 0 Å². The minimum Gasteiger partial charge on any atom is -0.377 e. The van der Waals surface area contributed by atoms with E-state index in [9.17, 15) is 0 Å². The molecule has 2 heterocycles. The standard InChI is InChI=1S/C15H28N2O.C2H6/c1-13-3-5-17(6-4-13)7-8-18-14-9-15(10-14)11-16(2)12-15;1-2/h13-14H,3-12H2,1-2H3;1-2H3. The molecule has 2 aliphatic heterocycles. The van der Waals surface area contributed by atoms with Gasteiger partial charge >= 0.3 is 0 Å². The Morgan fingerprint density at radius 2 is 1.70 bits per heavy atom. The van der Waals surface area contributed by atoms with Crippen LogP contribution in [-0.4, -0.2) is 62.3 Å². The molecule has 3 aliphatic rings. The predicted octanol–water partition coefficient (Wildman–Crippen LogP) is 2.86. The summed E-state index contributed by atoms with van der Waals surface area (Å²) in [6.07, 6.45) is 5.95. The lowest BCUT2D eigenvalue weighted by Crippen LogP contribution is -2.62. The smallest absolute Gasteiger partial charge is 0.0597 e.